The van der Waals surface area contributed by atoms with Gasteiger partial charge < -0.3 is 5.11 Å². The molecule has 0 atom stereocenters. The normalized spacial score (nSPS) is 12.0. The summed E-state index contributed by atoms with van der Waals surface area (Å²) in [4.78, 5) is 10.3. The summed E-state index contributed by atoms with van der Waals surface area (Å²) in [6.45, 7) is 2.23. The molecular weight excluding hydrogens is 260 g/mol. The first kappa shape index (κ1) is 19.7. The fraction of sp³-hybridized carbons (Fsp3) is 0.632. The molecule has 0 rings (SSSR count). The predicted molar refractivity (Wildman–Crippen MR) is 91.5 cm³/mol. The first-order chi connectivity index (χ1) is 10.3. The van der Waals surface area contributed by atoms with Crippen LogP contribution in [-0.4, -0.2) is 11.1 Å². The first-order valence-corrected chi connectivity index (χ1v) is 8.44. The van der Waals surface area contributed by atoms with Gasteiger partial charge in [-0.25, -0.2) is 0 Å². The highest BCUT2D eigenvalue weighted by molar-refractivity contribution is 5.66. The van der Waals surface area contributed by atoms with Crippen molar-refractivity contribution in [3.05, 3.63) is 36.5 Å². The maximum absolute atomic E-state index is 10.3. The van der Waals surface area contributed by atoms with Crippen LogP contribution in [0.25, 0.3) is 0 Å². The lowest BCUT2D eigenvalue weighted by atomic mass is 10.1. The van der Waals surface area contributed by atoms with Crippen LogP contribution in [-0.2, 0) is 4.79 Å². The SMILES string of the molecule is CCCCCC=CCC=CCC=CCCCCCC(=O)O. The lowest BCUT2D eigenvalue weighted by Gasteiger charge is -1.94. The van der Waals surface area contributed by atoms with Gasteiger partial charge in [0, 0.05) is 6.42 Å². The largest absolute Gasteiger partial charge is 0.481 e. The smallest absolute Gasteiger partial charge is 0.303 e. The average Bonchev–Trinajstić information content (AvgIpc) is 2.46. The molecule has 0 amide bonds. The number of hydrogen-bond acceptors (Lipinski definition) is 1. The minimum atomic E-state index is -0.685. The minimum absolute atomic E-state index is 0.304. The Labute approximate surface area is 130 Å². The van der Waals surface area contributed by atoms with Crippen molar-refractivity contribution in [2.24, 2.45) is 0 Å². The molecule has 2 nitrogen and oxygen atoms in total. The molecule has 120 valence electrons. The number of carbonyl (C=O) groups is 1. The molecule has 21 heavy (non-hydrogen) atoms. The van der Waals surface area contributed by atoms with Crippen molar-refractivity contribution in [1.82, 2.24) is 0 Å². The number of carboxylic acids is 1. The van der Waals surface area contributed by atoms with E-state index in [2.05, 4.69) is 43.4 Å². The van der Waals surface area contributed by atoms with Crippen molar-refractivity contribution in [3.8, 4) is 0 Å². The second-order valence-corrected chi connectivity index (χ2v) is 5.37. The van der Waals surface area contributed by atoms with Crippen molar-refractivity contribution in [2.75, 3.05) is 0 Å². The topological polar surface area (TPSA) is 37.3 Å². The average molecular weight is 292 g/mol. The third-order valence-corrected chi connectivity index (χ3v) is 3.28. The second-order valence-electron chi connectivity index (χ2n) is 5.37. The highest BCUT2D eigenvalue weighted by Gasteiger charge is 1.94. The number of allylic oxidation sites excluding steroid dienone is 6. The van der Waals surface area contributed by atoms with Crippen LogP contribution in [0.1, 0.15) is 77.6 Å². The van der Waals surface area contributed by atoms with Gasteiger partial charge in [0.05, 0.1) is 0 Å². The van der Waals surface area contributed by atoms with E-state index in [-0.39, 0.29) is 0 Å². The van der Waals surface area contributed by atoms with Crippen molar-refractivity contribution in [2.45, 2.75) is 77.6 Å². The number of aliphatic carboxylic acids is 1. The van der Waals surface area contributed by atoms with Crippen LogP contribution in [0.3, 0.4) is 0 Å². The van der Waals surface area contributed by atoms with Gasteiger partial charge >= 0.3 is 5.97 Å². The van der Waals surface area contributed by atoms with Gasteiger partial charge in [-0.05, 0) is 44.9 Å². The van der Waals surface area contributed by atoms with E-state index in [1.165, 1.54) is 25.7 Å². The quantitative estimate of drug-likeness (QED) is 0.312. The van der Waals surface area contributed by atoms with Gasteiger partial charge in [0.2, 0.25) is 0 Å². The summed E-state index contributed by atoms with van der Waals surface area (Å²) in [6, 6.07) is 0. The van der Waals surface area contributed by atoms with Crippen LogP contribution in [0.4, 0.5) is 0 Å². The zero-order chi connectivity index (χ0) is 15.6. The van der Waals surface area contributed by atoms with Crippen molar-refractivity contribution < 1.29 is 9.90 Å². The van der Waals surface area contributed by atoms with Crippen LogP contribution >= 0.6 is 0 Å². The third-order valence-electron chi connectivity index (χ3n) is 3.28. The maximum Gasteiger partial charge on any atom is 0.303 e. The predicted octanol–water partition coefficient (Wildman–Crippen LogP) is 6.05. The lowest BCUT2D eigenvalue weighted by Crippen LogP contribution is -1.93. The Morgan fingerprint density at radius 3 is 1.81 bits per heavy atom. The molecule has 0 unspecified atom stereocenters. The fourth-order valence-electron chi connectivity index (χ4n) is 2.01. The van der Waals surface area contributed by atoms with Gasteiger partial charge in [-0.1, -0.05) is 62.6 Å². The van der Waals surface area contributed by atoms with Crippen LogP contribution in [0, 0.1) is 0 Å². The second kappa shape index (κ2) is 16.7. The molecule has 0 aromatic rings. The van der Waals surface area contributed by atoms with Crippen molar-refractivity contribution >= 4 is 5.97 Å². The number of rotatable bonds is 14. The van der Waals surface area contributed by atoms with Crippen molar-refractivity contribution in [1.29, 1.82) is 0 Å². The van der Waals surface area contributed by atoms with Crippen LogP contribution in [0.5, 0.6) is 0 Å². The molecule has 0 bridgehead atoms. The molecule has 1 N–H and O–H groups in total. The molecule has 0 aromatic heterocycles. The Kier molecular flexibility index (Phi) is 15.7. The van der Waals surface area contributed by atoms with E-state index < -0.39 is 5.97 Å². The summed E-state index contributed by atoms with van der Waals surface area (Å²) in [6.07, 6.45) is 24.8. The molecular formula is C19H32O2. The van der Waals surface area contributed by atoms with E-state index in [1.54, 1.807) is 0 Å². The molecule has 0 aliphatic rings. The molecule has 0 fully saturated rings. The van der Waals surface area contributed by atoms with E-state index in [9.17, 15) is 4.79 Å². The molecule has 0 aromatic carbocycles. The van der Waals surface area contributed by atoms with E-state index >= 15 is 0 Å². The summed E-state index contributed by atoms with van der Waals surface area (Å²) in [5, 5.41) is 8.50. The molecule has 0 aliphatic heterocycles. The molecule has 0 heterocycles. The van der Waals surface area contributed by atoms with E-state index in [0.717, 1.165) is 38.5 Å². The first-order valence-electron chi connectivity index (χ1n) is 8.44. The lowest BCUT2D eigenvalue weighted by molar-refractivity contribution is -0.137. The third kappa shape index (κ3) is 18.7. The maximum atomic E-state index is 10.3. The molecule has 0 radical (unpaired) electrons. The van der Waals surface area contributed by atoms with Crippen LogP contribution < -0.4 is 0 Å². The molecule has 2 heteroatoms. The highest BCUT2D eigenvalue weighted by Crippen LogP contribution is 2.04. The van der Waals surface area contributed by atoms with Gasteiger partial charge in [0.25, 0.3) is 0 Å². The van der Waals surface area contributed by atoms with E-state index in [1.807, 2.05) is 0 Å². The Morgan fingerprint density at radius 1 is 0.762 bits per heavy atom. The molecule has 0 aliphatic carbocycles. The molecule has 0 saturated heterocycles. The summed E-state index contributed by atoms with van der Waals surface area (Å²) >= 11 is 0. The van der Waals surface area contributed by atoms with Gasteiger partial charge in [0.1, 0.15) is 0 Å². The van der Waals surface area contributed by atoms with Gasteiger partial charge in [0.15, 0.2) is 0 Å². The number of unbranched alkanes of at least 4 members (excludes halogenated alkanes) is 6. The number of carboxylic acid groups (broad SMARTS) is 1. The van der Waals surface area contributed by atoms with Gasteiger partial charge in [-0.3, -0.25) is 4.79 Å². The minimum Gasteiger partial charge on any atom is -0.481 e. The Bertz CT molecular complexity index is 314. The fourth-order valence-corrected chi connectivity index (χ4v) is 2.01. The highest BCUT2D eigenvalue weighted by atomic mass is 16.4. The van der Waals surface area contributed by atoms with Gasteiger partial charge in [-0.2, -0.15) is 0 Å². The monoisotopic (exact) mass is 292 g/mol. The number of hydrogen-bond donors (Lipinski definition) is 1. The molecule has 0 saturated carbocycles. The van der Waals surface area contributed by atoms with E-state index in [4.69, 9.17) is 5.11 Å². The van der Waals surface area contributed by atoms with E-state index in [0.29, 0.717) is 6.42 Å². The molecule has 0 spiro atoms. The van der Waals surface area contributed by atoms with Crippen LogP contribution in [0.15, 0.2) is 36.5 Å². The summed E-state index contributed by atoms with van der Waals surface area (Å²) in [7, 11) is 0. The standard InChI is InChI=1S/C19H32O2/c1-2-3-4-5-6-7-8-9-10-11-12-13-14-15-16-17-18-19(20)21/h6-7,9-10,12-13H,2-5,8,11,14-18H2,1H3,(H,20,21). The van der Waals surface area contributed by atoms with Gasteiger partial charge in [-0.15, -0.1) is 0 Å². The van der Waals surface area contributed by atoms with Crippen LogP contribution in [0.2, 0.25) is 0 Å². The zero-order valence-corrected chi connectivity index (χ0v) is 13.6. The summed E-state index contributed by atoms with van der Waals surface area (Å²) < 4.78 is 0. The summed E-state index contributed by atoms with van der Waals surface area (Å²) in [5.41, 5.74) is 0. The Morgan fingerprint density at radius 2 is 1.29 bits per heavy atom. The van der Waals surface area contributed by atoms with Crippen molar-refractivity contribution in [3.63, 3.8) is 0 Å². The zero-order valence-electron chi connectivity index (χ0n) is 13.6. The Balaban J connectivity index is 3.30. The summed E-state index contributed by atoms with van der Waals surface area (Å²) in [5.74, 6) is -0.685. The Hall–Kier alpha value is -1.31.